The number of carbonyl (C=O) groups excluding carboxylic acids is 1. The van der Waals surface area contributed by atoms with E-state index in [-0.39, 0.29) is 12.0 Å². The molecule has 0 aliphatic heterocycles. The molecule has 1 aromatic carbocycles. The summed E-state index contributed by atoms with van der Waals surface area (Å²) < 4.78 is 5.44. The number of amides is 1. The van der Waals surface area contributed by atoms with Gasteiger partial charge in [-0.25, -0.2) is 0 Å². The second-order valence-corrected chi connectivity index (χ2v) is 4.97. The summed E-state index contributed by atoms with van der Waals surface area (Å²) in [5.74, 6) is 0.173. The average molecular weight is 263 g/mol. The Kier molecular flexibility index (Phi) is 7.19. The van der Waals surface area contributed by atoms with Crippen LogP contribution in [-0.2, 0) is 16.1 Å². The van der Waals surface area contributed by atoms with Crippen molar-refractivity contribution in [1.29, 1.82) is 0 Å². The lowest BCUT2D eigenvalue weighted by Crippen LogP contribution is -2.32. The highest BCUT2D eigenvalue weighted by molar-refractivity contribution is 5.76. The van der Waals surface area contributed by atoms with Crippen LogP contribution in [0.2, 0.25) is 0 Å². The molecule has 0 radical (unpaired) electrons. The van der Waals surface area contributed by atoms with Gasteiger partial charge < -0.3 is 9.64 Å². The van der Waals surface area contributed by atoms with E-state index in [0.717, 1.165) is 13.0 Å². The molecule has 0 heterocycles. The number of hydrogen-bond donors (Lipinski definition) is 0. The molecule has 0 aromatic heterocycles. The van der Waals surface area contributed by atoms with E-state index in [1.807, 2.05) is 36.9 Å². The van der Waals surface area contributed by atoms with Gasteiger partial charge >= 0.3 is 0 Å². The van der Waals surface area contributed by atoms with Crippen molar-refractivity contribution in [1.82, 2.24) is 4.90 Å². The predicted molar refractivity (Wildman–Crippen MR) is 77.9 cm³/mol. The van der Waals surface area contributed by atoms with E-state index in [4.69, 9.17) is 4.74 Å². The number of rotatable bonds is 8. The van der Waals surface area contributed by atoms with Crippen LogP contribution in [-0.4, -0.2) is 30.1 Å². The Morgan fingerprint density at radius 2 is 1.95 bits per heavy atom. The van der Waals surface area contributed by atoms with Crippen LogP contribution < -0.4 is 0 Å². The highest BCUT2D eigenvalue weighted by Gasteiger charge is 2.13. The minimum Gasteiger partial charge on any atom is -0.378 e. The molecule has 0 aliphatic carbocycles. The number of nitrogens with zero attached hydrogens (tertiary/aromatic N) is 1. The minimum absolute atomic E-state index is 0.173. The van der Waals surface area contributed by atoms with Gasteiger partial charge in [-0.05, 0) is 25.8 Å². The predicted octanol–water partition coefficient (Wildman–Crippen LogP) is 3.24. The van der Waals surface area contributed by atoms with Crippen molar-refractivity contribution in [3.63, 3.8) is 0 Å². The normalized spacial score (nSPS) is 10.7. The Labute approximate surface area is 116 Å². The maximum absolute atomic E-state index is 12.2. The third kappa shape index (κ3) is 6.39. The van der Waals surface area contributed by atoms with Crippen LogP contribution in [0.3, 0.4) is 0 Å². The molecular formula is C16H25NO2. The van der Waals surface area contributed by atoms with E-state index >= 15 is 0 Å². The summed E-state index contributed by atoms with van der Waals surface area (Å²) in [5.41, 5.74) is 1.18. The molecule has 1 rings (SSSR count). The molecule has 0 atom stereocenters. The summed E-state index contributed by atoms with van der Waals surface area (Å²) in [5, 5.41) is 0. The van der Waals surface area contributed by atoms with E-state index in [1.165, 1.54) is 5.56 Å². The Balaban J connectivity index is 2.49. The van der Waals surface area contributed by atoms with E-state index in [2.05, 4.69) is 19.1 Å². The van der Waals surface area contributed by atoms with Crippen molar-refractivity contribution in [2.75, 3.05) is 13.2 Å². The first-order valence-electron chi connectivity index (χ1n) is 7.06. The van der Waals surface area contributed by atoms with Crippen molar-refractivity contribution in [3.8, 4) is 0 Å². The van der Waals surface area contributed by atoms with Gasteiger partial charge in [-0.3, -0.25) is 4.79 Å². The molecule has 0 bridgehead atoms. The Morgan fingerprint density at radius 3 is 2.53 bits per heavy atom. The van der Waals surface area contributed by atoms with Crippen molar-refractivity contribution < 1.29 is 9.53 Å². The molecule has 0 saturated heterocycles. The van der Waals surface area contributed by atoms with Crippen LogP contribution in [0.15, 0.2) is 30.3 Å². The molecule has 106 valence electrons. The van der Waals surface area contributed by atoms with Crippen LogP contribution >= 0.6 is 0 Å². The summed E-state index contributed by atoms with van der Waals surface area (Å²) in [7, 11) is 0. The second kappa shape index (κ2) is 8.70. The highest BCUT2D eigenvalue weighted by Crippen LogP contribution is 2.07. The Hall–Kier alpha value is -1.35. The molecule has 19 heavy (non-hydrogen) atoms. The van der Waals surface area contributed by atoms with Crippen LogP contribution in [0.4, 0.5) is 0 Å². The monoisotopic (exact) mass is 263 g/mol. The van der Waals surface area contributed by atoms with Crippen molar-refractivity contribution in [2.45, 2.75) is 46.3 Å². The first-order valence-corrected chi connectivity index (χ1v) is 7.06. The average Bonchev–Trinajstić information content (AvgIpc) is 2.39. The van der Waals surface area contributed by atoms with Crippen LogP contribution in [0, 0.1) is 0 Å². The van der Waals surface area contributed by atoms with Gasteiger partial charge in [-0.15, -0.1) is 0 Å². The summed E-state index contributed by atoms with van der Waals surface area (Å²) in [4.78, 5) is 14.1. The third-order valence-electron chi connectivity index (χ3n) is 2.83. The molecule has 0 fully saturated rings. The maximum Gasteiger partial charge on any atom is 0.225 e. The van der Waals surface area contributed by atoms with Gasteiger partial charge in [0.2, 0.25) is 5.91 Å². The summed E-state index contributed by atoms with van der Waals surface area (Å²) in [6.45, 7) is 8.06. The van der Waals surface area contributed by atoms with Crippen LogP contribution in [0.25, 0.3) is 0 Å². The first kappa shape index (κ1) is 15.7. The third-order valence-corrected chi connectivity index (χ3v) is 2.83. The van der Waals surface area contributed by atoms with Gasteiger partial charge in [0.1, 0.15) is 0 Å². The fourth-order valence-electron chi connectivity index (χ4n) is 1.91. The van der Waals surface area contributed by atoms with Crippen LogP contribution in [0.5, 0.6) is 0 Å². The molecule has 0 unspecified atom stereocenters. The van der Waals surface area contributed by atoms with Gasteiger partial charge in [0.05, 0.1) is 19.1 Å². The van der Waals surface area contributed by atoms with Gasteiger partial charge in [0.15, 0.2) is 0 Å². The van der Waals surface area contributed by atoms with E-state index in [0.29, 0.717) is 19.6 Å². The number of hydrogen-bond acceptors (Lipinski definition) is 2. The van der Waals surface area contributed by atoms with Gasteiger partial charge in [-0.1, -0.05) is 37.3 Å². The smallest absolute Gasteiger partial charge is 0.225 e. The van der Waals surface area contributed by atoms with Crippen LogP contribution in [0.1, 0.15) is 39.2 Å². The fraction of sp³-hybridized carbons (Fsp3) is 0.562. The second-order valence-electron chi connectivity index (χ2n) is 4.97. The summed E-state index contributed by atoms with van der Waals surface area (Å²) in [6, 6.07) is 10.1. The Bertz CT molecular complexity index is 362. The summed E-state index contributed by atoms with van der Waals surface area (Å²) >= 11 is 0. The van der Waals surface area contributed by atoms with E-state index in [1.54, 1.807) is 0 Å². The van der Waals surface area contributed by atoms with E-state index < -0.39 is 0 Å². The van der Waals surface area contributed by atoms with Gasteiger partial charge in [0.25, 0.3) is 0 Å². The fourth-order valence-corrected chi connectivity index (χ4v) is 1.91. The topological polar surface area (TPSA) is 29.5 Å². The first-order chi connectivity index (χ1) is 9.13. The molecule has 3 heteroatoms. The molecule has 0 saturated carbocycles. The van der Waals surface area contributed by atoms with Crippen molar-refractivity contribution in [3.05, 3.63) is 35.9 Å². The minimum atomic E-state index is 0.173. The quantitative estimate of drug-likeness (QED) is 0.720. The largest absolute Gasteiger partial charge is 0.378 e. The van der Waals surface area contributed by atoms with Gasteiger partial charge in [0, 0.05) is 13.1 Å². The highest BCUT2D eigenvalue weighted by atomic mass is 16.5. The number of ether oxygens (including phenoxy) is 1. The lowest BCUT2D eigenvalue weighted by Gasteiger charge is -2.22. The molecule has 0 aliphatic rings. The van der Waals surface area contributed by atoms with E-state index in [9.17, 15) is 4.79 Å². The zero-order valence-electron chi connectivity index (χ0n) is 12.3. The molecule has 1 aromatic rings. The Morgan fingerprint density at radius 1 is 1.26 bits per heavy atom. The zero-order valence-corrected chi connectivity index (χ0v) is 12.3. The number of carbonyl (C=O) groups is 1. The molecule has 0 N–H and O–H groups in total. The molecule has 0 spiro atoms. The molecule has 3 nitrogen and oxygen atoms in total. The summed E-state index contributed by atoms with van der Waals surface area (Å²) in [6.07, 6.45) is 1.62. The van der Waals surface area contributed by atoms with Crippen molar-refractivity contribution in [2.24, 2.45) is 0 Å². The van der Waals surface area contributed by atoms with Crippen molar-refractivity contribution >= 4 is 5.91 Å². The van der Waals surface area contributed by atoms with Gasteiger partial charge in [-0.2, -0.15) is 0 Å². The zero-order chi connectivity index (χ0) is 14.1. The number of benzene rings is 1. The molecule has 1 amide bonds. The maximum atomic E-state index is 12.2. The standard InChI is InChI=1S/C16H25NO2/c1-4-11-17(13-15-8-6-5-7-9-15)16(18)10-12-19-14(2)3/h5-9,14H,4,10-13H2,1-3H3. The SMILES string of the molecule is CCCN(Cc1ccccc1)C(=O)CCOC(C)C. The lowest BCUT2D eigenvalue weighted by atomic mass is 10.2. The molecular weight excluding hydrogens is 238 g/mol. The lowest BCUT2D eigenvalue weighted by molar-refractivity contribution is -0.133.